The fourth-order valence-electron chi connectivity index (χ4n) is 1.56. The fourth-order valence-corrected chi connectivity index (χ4v) is 1.56. The van der Waals surface area contributed by atoms with Crippen molar-refractivity contribution in [3.63, 3.8) is 0 Å². The maximum atomic E-state index is 11.8. The molecular formula is C16H21N3O4. The third-order valence-electron chi connectivity index (χ3n) is 2.54. The summed E-state index contributed by atoms with van der Waals surface area (Å²) in [4.78, 5) is 27.4. The Labute approximate surface area is 135 Å². The maximum absolute atomic E-state index is 11.8. The lowest BCUT2D eigenvalue weighted by Gasteiger charge is -2.21. The van der Waals surface area contributed by atoms with E-state index in [1.807, 2.05) is 0 Å². The number of esters is 1. The summed E-state index contributed by atoms with van der Waals surface area (Å²) < 4.78 is 9.77. The van der Waals surface area contributed by atoms with Gasteiger partial charge in [0.05, 0.1) is 12.7 Å². The van der Waals surface area contributed by atoms with Crippen LogP contribution in [-0.2, 0) is 14.3 Å². The van der Waals surface area contributed by atoms with Gasteiger partial charge in [0, 0.05) is 12.6 Å². The van der Waals surface area contributed by atoms with Gasteiger partial charge >= 0.3 is 12.1 Å². The minimum atomic E-state index is -0.930. The Morgan fingerprint density at radius 3 is 2.70 bits per heavy atom. The minimum absolute atomic E-state index is 0.0558. The molecule has 0 aliphatic carbocycles. The van der Waals surface area contributed by atoms with Crippen LogP contribution >= 0.6 is 0 Å². The quantitative estimate of drug-likeness (QED) is 0.646. The molecule has 3 N–H and O–H groups in total. The molecule has 0 saturated heterocycles. The SMILES string of the molecule is COC(=O)[C@H](CC#Cc1cccnc1N)NC(=O)OC(C)(C)C. The molecule has 0 saturated carbocycles. The lowest BCUT2D eigenvalue weighted by Crippen LogP contribution is -2.43. The van der Waals surface area contributed by atoms with Gasteiger partial charge in [-0.3, -0.25) is 0 Å². The highest BCUT2D eigenvalue weighted by molar-refractivity contribution is 5.81. The largest absolute Gasteiger partial charge is 0.467 e. The molecule has 0 aliphatic heterocycles. The molecule has 23 heavy (non-hydrogen) atoms. The second-order valence-corrected chi connectivity index (χ2v) is 5.66. The molecule has 1 aromatic heterocycles. The number of nitrogens with zero attached hydrogens (tertiary/aromatic N) is 1. The van der Waals surface area contributed by atoms with Gasteiger partial charge in [-0.25, -0.2) is 14.6 Å². The van der Waals surface area contributed by atoms with Crippen LogP contribution in [0, 0.1) is 11.8 Å². The number of methoxy groups -OCH3 is 1. The average Bonchev–Trinajstić information content (AvgIpc) is 2.45. The summed E-state index contributed by atoms with van der Waals surface area (Å²) in [7, 11) is 1.23. The van der Waals surface area contributed by atoms with E-state index >= 15 is 0 Å². The summed E-state index contributed by atoms with van der Waals surface area (Å²) in [5.74, 6) is 5.28. The smallest absolute Gasteiger partial charge is 0.408 e. The minimum Gasteiger partial charge on any atom is -0.467 e. The number of nitrogens with two attached hydrogens (primary N) is 1. The number of amides is 1. The zero-order chi connectivity index (χ0) is 17.5. The van der Waals surface area contributed by atoms with Crippen LogP contribution in [-0.4, -0.2) is 35.8 Å². The molecule has 1 aromatic rings. The van der Waals surface area contributed by atoms with Gasteiger partial charge in [-0.15, -0.1) is 0 Å². The molecule has 0 radical (unpaired) electrons. The van der Waals surface area contributed by atoms with Gasteiger partial charge in [0.1, 0.15) is 17.5 Å². The van der Waals surface area contributed by atoms with Crippen molar-refractivity contribution in [3.05, 3.63) is 23.9 Å². The number of nitrogens with one attached hydrogen (secondary N) is 1. The van der Waals surface area contributed by atoms with Crippen molar-refractivity contribution in [3.8, 4) is 11.8 Å². The van der Waals surface area contributed by atoms with E-state index in [9.17, 15) is 9.59 Å². The van der Waals surface area contributed by atoms with Crippen molar-refractivity contribution >= 4 is 17.9 Å². The molecule has 1 amide bonds. The number of alkyl carbamates (subject to hydrolysis) is 1. The van der Waals surface area contributed by atoms with E-state index in [4.69, 9.17) is 10.5 Å². The lowest BCUT2D eigenvalue weighted by molar-refractivity contribution is -0.143. The van der Waals surface area contributed by atoms with Gasteiger partial charge in [-0.05, 0) is 32.9 Å². The topological polar surface area (TPSA) is 104 Å². The summed E-state index contributed by atoms with van der Waals surface area (Å²) in [5.41, 5.74) is 5.56. The highest BCUT2D eigenvalue weighted by atomic mass is 16.6. The number of ether oxygens (including phenoxy) is 2. The van der Waals surface area contributed by atoms with Crippen LogP contribution in [0.2, 0.25) is 0 Å². The Balaban J connectivity index is 2.75. The zero-order valence-corrected chi connectivity index (χ0v) is 13.7. The van der Waals surface area contributed by atoms with Gasteiger partial charge in [0.25, 0.3) is 0 Å². The third kappa shape index (κ3) is 6.70. The summed E-state index contributed by atoms with van der Waals surface area (Å²) in [5, 5.41) is 2.44. The molecular weight excluding hydrogens is 298 g/mol. The maximum Gasteiger partial charge on any atom is 0.408 e. The van der Waals surface area contributed by atoms with E-state index < -0.39 is 23.7 Å². The van der Waals surface area contributed by atoms with E-state index in [0.717, 1.165) is 0 Å². The van der Waals surface area contributed by atoms with Crippen molar-refractivity contribution in [2.45, 2.75) is 38.8 Å². The molecule has 0 bridgehead atoms. The number of rotatable bonds is 3. The van der Waals surface area contributed by atoms with Crippen LogP contribution in [0.3, 0.4) is 0 Å². The van der Waals surface area contributed by atoms with Crippen LogP contribution < -0.4 is 11.1 Å². The second kappa shape index (κ2) is 8.03. The first-order chi connectivity index (χ1) is 10.7. The average molecular weight is 319 g/mol. The number of anilines is 1. The number of hydrogen-bond donors (Lipinski definition) is 2. The number of nitrogen functional groups attached to an aromatic ring is 1. The van der Waals surface area contributed by atoms with Crippen molar-refractivity contribution in [1.82, 2.24) is 10.3 Å². The summed E-state index contributed by atoms with van der Waals surface area (Å²) in [6.45, 7) is 5.18. The second-order valence-electron chi connectivity index (χ2n) is 5.66. The van der Waals surface area contributed by atoms with Gasteiger partial charge in [-0.1, -0.05) is 11.8 Å². The lowest BCUT2D eigenvalue weighted by atomic mass is 10.2. The first kappa shape index (κ1) is 18.3. The molecule has 1 atom stereocenters. The predicted octanol–water partition coefficient (Wildman–Crippen LogP) is 1.47. The van der Waals surface area contributed by atoms with Gasteiger partial charge in [0.2, 0.25) is 0 Å². The third-order valence-corrected chi connectivity index (χ3v) is 2.54. The number of carbonyl (C=O) groups excluding carboxylic acids is 2. The molecule has 124 valence electrons. The van der Waals surface area contributed by atoms with Gasteiger partial charge in [0.15, 0.2) is 0 Å². The Morgan fingerprint density at radius 1 is 1.43 bits per heavy atom. The first-order valence-corrected chi connectivity index (χ1v) is 6.99. The standard InChI is InChI=1S/C16H21N3O4/c1-16(2,3)23-15(21)19-12(14(20)22-4)9-5-7-11-8-6-10-18-13(11)17/h6,8,10,12H,9H2,1-4H3,(H2,17,18)(H,19,21)/t12-/m0/s1. The molecule has 0 unspecified atom stereocenters. The highest BCUT2D eigenvalue weighted by Crippen LogP contribution is 2.08. The molecule has 0 aromatic carbocycles. The van der Waals surface area contributed by atoms with Gasteiger partial charge in [-0.2, -0.15) is 0 Å². The molecule has 7 nitrogen and oxygen atoms in total. The number of pyridine rings is 1. The summed E-state index contributed by atoms with van der Waals surface area (Å²) in [6, 6.07) is 2.49. The molecule has 1 heterocycles. The first-order valence-electron chi connectivity index (χ1n) is 6.99. The molecule has 0 fully saturated rings. The monoisotopic (exact) mass is 319 g/mol. The normalized spacial score (nSPS) is 11.7. The Kier molecular flexibility index (Phi) is 6.39. The number of hydrogen-bond acceptors (Lipinski definition) is 6. The predicted molar refractivity (Wildman–Crippen MR) is 85.3 cm³/mol. The van der Waals surface area contributed by atoms with Crippen LogP contribution in [0.5, 0.6) is 0 Å². The number of carbonyl (C=O) groups is 2. The van der Waals surface area contributed by atoms with E-state index in [2.05, 4.69) is 26.9 Å². The molecule has 7 heteroatoms. The van der Waals surface area contributed by atoms with Crippen molar-refractivity contribution < 1.29 is 19.1 Å². The zero-order valence-electron chi connectivity index (χ0n) is 13.7. The number of aromatic nitrogens is 1. The van der Waals surface area contributed by atoms with Crippen molar-refractivity contribution in [2.24, 2.45) is 0 Å². The fraction of sp³-hybridized carbons (Fsp3) is 0.438. The molecule has 0 aliphatic rings. The van der Waals surface area contributed by atoms with E-state index in [1.54, 1.807) is 39.1 Å². The molecule has 0 spiro atoms. The van der Waals surface area contributed by atoms with E-state index in [1.165, 1.54) is 7.11 Å². The summed E-state index contributed by atoms with van der Waals surface area (Å²) in [6.07, 6.45) is 0.901. The Hall–Kier alpha value is -2.75. The molecule has 1 rings (SSSR count). The van der Waals surface area contributed by atoms with Crippen molar-refractivity contribution in [2.75, 3.05) is 12.8 Å². The van der Waals surface area contributed by atoms with Crippen LogP contribution in [0.15, 0.2) is 18.3 Å². The van der Waals surface area contributed by atoms with Crippen LogP contribution in [0.4, 0.5) is 10.6 Å². The Morgan fingerprint density at radius 2 is 2.13 bits per heavy atom. The van der Waals surface area contributed by atoms with Gasteiger partial charge < -0.3 is 20.5 Å². The Bertz CT molecular complexity index is 626. The van der Waals surface area contributed by atoms with Crippen molar-refractivity contribution in [1.29, 1.82) is 0 Å². The van der Waals surface area contributed by atoms with E-state index in [-0.39, 0.29) is 6.42 Å². The summed E-state index contributed by atoms with van der Waals surface area (Å²) >= 11 is 0. The highest BCUT2D eigenvalue weighted by Gasteiger charge is 2.24. The van der Waals surface area contributed by atoms with Crippen LogP contribution in [0.25, 0.3) is 0 Å². The van der Waals surface area contributed by atoms with E-state index in [0.29, 0.717) is 11.4 Å². The van der Waals surface area contributed by atoms with Crippen LogP contribution in [0.1, 0.15) is 32.8 Å².